The summed E-state index contributed by atoms with van der Waals surface area (Å²) in [6, 6.07) is 8.98. The Morgan fingerprint density at radius 3 is 2.73 bits per heavy atom. The van der Waals surface area contributed by atoms with E-state index in [9.17, 15) is 0 Å². The van der Waals surface area contributed by atoms with Gasteiger partial charge in [-0.05, 0) is 57.4 Å². The minimum atomic E-state index is 0. The molecule has 26 heavy (non-hydrogen) atoms. The molecule has 1 atom stereocenters. The van der Waals surface area contributed by atoms with Crippen molar-refractivity contribution in [2.45, 2.75) is 39.2 Å². The van der Waals surface area contributed by atoms with Gasteiger partial charge < -0.3 is 20.3 Å². The SMILES string of the molecule is CCNC(=NCCCCOCC)NC1CCN(c2ccc(Br)cc2)C1.I. The first-order valence-electron chi connectivity index (χ1n) is 9.36. The lowest BCUT2D eigenvalue weighted by atomic mass is 10.2. The zero-order valence-electron chi connectivity index (χ0n) is 15.8. The lowest BCUT2D eigenvalue weighted by Gasteiger charge is -2.20. The summed E-state index contributed by atoms with van der Waals surface area (Å²) in [7, 11) is 0. The average Bonchev–Trinajstić information content (AvgIpc) is 3.07. The van der Waals surface area contributed by atoms with Crippen LogP contribution in [0.2, 0.25) is 0 Å². The molecule has 7 heteroatoms. The van der Waals surface area contributed by atoms with Gasteiger partial charge >= 0.3 is 0 Å². The van der Waals surface area contributed by atoms with Crippen molar-refractivity contribution in [3.63, 3.8) is 0 Å². The normalized spacial score (nSPS) is 17.1. The molecule has 1 aromatic rings. The molecular weight excluding hydrogens is 507 g/mol. The van der Waals surface area contributed by atoms with Gasteiger partial charge in [-0.25, -0.2) is 0 Å². The fourth-order valence-corrected chi connectivity index (χ4v) is 3.19. The van der Waals surface area contributed by atoms with Gasteiger partial charge in [-0.2, -0.15) is 0 Å². The third-order valence-corrected chi connectivity index (χ3v) is 4.76. The van der Waals surface area contributed by atoms with Gasteiger partial charge in [0.1, 0.15) is 0 Å². The van der Waals surface area contributed by atoms with Gasteiger partial charge in [0.25, 0.3) is 0 Å². The number of hydrogen-bond acceptors (Lipinski definition) is 3. The number of unbranched alkanes of at least 4 members (excludes halogenated alkanes) is 1. The summed E-state index contributed by atoms with van der Waals surface area (Å²) in [6.07, 6.45) is 3.26. The number of rotatable bonds is 9. The van der Waals surface area contributed by atoms with Gasteiger partial charge in [0.2, 0.25) is 0 Å². The van der Waals surface area contributed by atoms with Gasteiger partial charge in [-0.3, -0.25) is 4.99 Å². The molecule has 148 valence electrons. The molecule has 1 unspecified atom stereocenters. The van der Waals surface area contributed by atoms with E-state index in [2.05, 4.69) is 62.7 Å². The number of guanidine groups is 1. The summed E-state index contributed by atoms with van der Waals surface area (Å²) < 4.78 is 6.49. The van der Waals surface area contributed by atoms with E-state index in [1.54, 1.807) is 0 Å². The van der Waals surface area contributed by atoms with Crippen LogP contribution in [0.25, 0.3) is 0 Å². The summed E-state index contributed by atoms with van der Waals surface area (Å²) in [5.41, 5.74) is 1.28. The molecule has 5 nitrogen and oxygen atoms in total. The Morgan fingerprint density at radius 2 is 2.04 bits per heavy atom. The highest BCUT2D eigenvalue weighted by Gasteiger charge is 2.23. The monoisotopic (exact) mass is 538 g/mol. The zero-order valence-corrected chi connectivity index (χ0v) is 19.8. The zero-order chi connectivity index (χ0) is 17.9. The largest absolute Gasteiger partial charge is 0.382 e. The van der Waals surface area contributed by atoms with E-state index < -0.39 is 0 Å². The maximum atomic E-state index is 5.37. The highest BCUT2D eigenvalue weighted by Crippen LogP contribution is 2.22. The van der Waals surface area contributed by atoms with E-state index >= 15 is 0 Å². The van der Waals surface area contributed by atoms with E-state index in [4.69, 9.17) is 9.73 Å². The molecule has 1 aliphatic rings. The van der Waals surface area contributed by atoms with E-state index in [0.717, 1.165) is 69.1 Å². The highest BCUT2D eigenvalue weighted by atomic mass is 127. The lowest BCUT2D eigenvalue weighted by Crippen LogP contribution is -2.44. The van der Waals surface area contributed by atoms with Crippen LogP contribution < -0.4 is 15.5 Å². The molecule has 2 rings (SSSR count). The third kappa shape index (κ3) is 8.43. The van der Waals surface area contributed by atoms with E-state index in [-0.39, 0.29) is 24.0 Å². The molecule has 0 radical (unpaired) electrons. The number of benzene rings is 1. The summed E-state index contributed by atoms with van der Waals surface area (Å²) in [5, 5.41) is 6.94. The summed E-state index contributed by atoms with van der Waals surface area (Å²) in [4.78, 5) is 7.12. The summed E-state index contributed by atoms with van der Waals surface area (Å²) >= 11 is 3.50. The lowest BCUT2D eigenvalue weighted by molar-refractivity contribution is 0.144. The Kier molecular flexibility index (Phi) is 12.3. The molecule has 1 heterocycles. The first-order valence-corrected chi connectivity index (χ1v) is 10.1. The Balaban J connectivity index is 0.00000338. The quantitative estimate of drug-likeness (QED) is 0.216. The Hall–Kier alpha value is -0.540. The second kappa shape index (κ2) is 13.6. The predicted octanol–water partition coefficient (Wildman–Crippen LogP) is 4.02. The van der Waals surface area contributed by atoms with Crippen LogP contribution in [0, 0.1) is 0 Å². The molecule has 1 saturated heterocycles. The van der Waals surface area contributed by atoms with Crippen molar-refractivity contribution in [1.29, 1.82) is 0 Å². The third-order valence-electron chi connectivity index (χ3n) is 4.24. The maximum Gasteiger partial charge on any atom is 0.191 e. The van der Waals surface area contributed by atoms with Crippen LogP contribution in [-0.4, -0.2) is 51.4 Å². The topological polar surface area (TPSA) is 48.9 Å². The Morgan fingerprint density at radius 1 is 1.27 bits per heavy atom. The van der Waals surface area contributed by atoms with Crippen molar-refractivity contribution < 1.29 is 4.74 Å². The molecule has 1 fully saturated rings. The molecule has 1 aromatic carbocycles. The van der Waals surface area contributed by atoms with E-state index in [1.165, 1.54) is 5.69 Å². The molecule has 0 bridgehead atoms. The number of anilines is 1. The minimum absolute atomic E-state index is 0. The average molecular weight is 539 g/mol. The number of nitrogens with one attached hydrogen (secondary N) is 2. The standard InChI is InChI=1S/C19H31BrN4O.HI/c1-3-21-19(22-12-5-6-14-25-4-2)23-17-11-13-24(15-17)18-9-7-16(20)8-10-18;/h7-10,17H,3-6,11-15H2,1-2H3,(H2,21,22,23);1H. The van der Waals surface area contributed by atoms with Gasteiger partial charge in [-0.1, -0.05) is 15.9 Å². The summed E-state index contributed by atoms with van der Waals surface area (Å²) in [6.45, 7) is 9.58. The van der Waals surface area contributed by atoms with Crippen LogP contribution >= 0.6 is 39.9 Å². The molecule has 0 aliphatic carbocycles. The number of hydrogen-bond donors (Lipinski definition) is 2. The fraction of sp³-hybridized carbons (Fsp3) is 0.632. The first kappa shape index (κ1) is 23.5. The van der Waals surface area contributed by atoms with E-state index in [0.29, 0.717) is 6.04 Å². The highest BCUT2D eigenvalue weighted by molar-refractivity contribution is 14.0. The van der Waals surface area contributed by atoms with Crippen molar-refractivity contribution in [2.75, 3.05) is 44.3 Å². The Labute approximate surface area is 183 Å². The van der Waals surface area contributed by atoms with Crippen LogP contribution in [0.1, 0.15) is 33.1 Å². The van der Waals surface area contributed by atoms with Crippen LogP contribution in [-0.2, 0) is 4.74 Å². The first-order chi connectivity index (χ1) is 12.2. The second-order valence-corrected chi connectivity index (χ2v) is 7.13. The van der Waals surface area contributed by atoms with Gasteiger partial charge in [-0.15, -0.1) is 24.0 Å². The molecule has 0 spiro atoms. The van der Waals surface area contributed by atoms with Crippen LogP contribution in [0.5, 0.6) is 0 Å². The number of ether oxygens (including phenoxy) is 1. The van der Waals surface area contributed by atoms with Crippen molar-refractivity contribution >= 4 is 51.6 Å². The minimum Gasteiger partial charge on any atom is -0.382 e. The smallest absolute Gasteiger partial charge is 0.191 e. The molecule has 2 N–H and O–H groups in total. The fourth-order valence-electron chi connectivity index (χ4n) is 2.93. The number of halogens is 2. The molecule has 0 saturated carbocycles. The molecular formula is C19H32BrIN4O. The predicted molar refractivity (Wildman–Crippen MR) is 125 cm³/mol. The maximum absolute atomic E-state index is 5.37. The van der Waals surface area contributed by atoms with Gasteiger partial charge in [0, 0.05) is 55.6 Å². The van der Waals surface area contributed by atoms with Crippen molar-refractivity contribution in [3.05, 3.63) is 28.7 Å². The molecule has 1 aliphatic heterocycles. The van der Waals surface area contributed by atoms with Crippen molar-refractivity contribution in [3.8, 4) is 0 Å². The molecule has 0 amide bonds. The van der Waals surface area contributed by atoms with Crippen molar-refractivity contribution in [1.82, 2.24) is 10.6 Å². The van der Waals surface area contributed by atoms with E-state index in [1.807, 2.05) is 6.92 Å². The van der Waals surface area contributed by atoms with Crippen LogP contribution in [0.15, 0.2) is 33.7 Å². The molecule has 0 aromatic heterocycles. The second-order valence-electron chi connectivity index (χ2n) is 6.22. The van der Waals surface area contributed by atoms with Crippen molar-refractivity contribution in [2.24, 2.45) is 4.99 Å². The van der Waals surface area contributed by atoms with Gasteiger partial charge in [0.15, 0.2) is 5.96 Å². The Bertz CT molecular complexity index is 527. The van der Waals surface area contributed by atoms with Gasteiger partial charge in [0.05, 0.1) is 0 Å². The van der Waals surface area contributed by atoms with Crippen LogP contribution in [0.4, 0.5) is 5.69 Å². The van der Waals surface area contributed by atoms with Crippen LogP contribution in [0.3, 0.4) is 0 Å². The number of nitrogens with zero attached hydrogens (tertiary/aromatic N) is 2. The number of aliphatic imine (C=N–C) groups is 1. The summed E-state index contributed by atoms with van der Waals surface area (Å²) in [5.74, 6) is 0.932.